The van der Waals surface area contributed by atoms with Crippen LogP contribution in [0.2, 0.25) is 0 Å². The van der Waals surface area contributed by atoms with E-state index in [4.69, 9.17) is 4.74 Å². The molecule has 38 heavy (non-hydrogen) atoms. The molecule has 0 aliphatic heterocycles. The number of fused-ring (bicyclic) bond motifs is 3. The van der Waals surface area contributed by atoms with Crippen molar-refractivity contribution in [2.24, 2.45) is 0 Å². The molecule has 0 fully saturated rings. The number of halogens is 3. The van der Waals surface area contributed by atoms with Crippen LogP contribution in [-0.2, 0) is 30.5 Å². The molecule has 1 aliphatic carbocycles. The van der Waals surface area contributed by atoms with Crippen molar-refractivity contribution in [3.8, 4) is 11.3 Å². The molecule has 1 aromatic carbocycles. The molecule has 7 nitrogen and oxygen atoms in total. The van der Waals surface area contributed by atoms with Crippen molar-refractivity contribution in [3.05, 3.63) is 77.2 Å². The number of rotatable bonds is 7. The molecule has 10 heteroatoms. The lowest BCUT2D eigenvalue weighted by atomic mass is 9.89. The van der Waals surface area contributed by atoms with E-state index in [1.807, 2.05) is 30.3 Å². The number of carbonyl (C=O) groups is 2. The zero-order valence-electron chi connectivity index (χ0n) is 21.6. The van der Waals surface area contributed by atoms with Crippen molar-refractivity contribution in [1.29, 1.82) is 0 Å². The lowest BCUT2D eigenvalue weighted by Crippen LogP contribution is -2.46. The topological polar surface area (TPSA) is 85.3 Å². The van der Waals surface area contributed by atoms with E-state index in [1.54, 1.807) is 33.0 Å². The number of aromatic nitrogens is 2. The highest BCUT2D eigenvalue weighted by Crippen LogP contribution is 2.37. The Morgan fingerprint density at radius 1 is 1.11 bits per heavy atom. The average molecular weight is 529 g/mol. The first-order chi connectivity index (χ1) is 17.9. The van der Waals surface area contributed by atoms with Gasteiger partial charge in [-0.1, -0.05) is 30.3 Å². The number of pyridine rings is 1. The number of alkyl halides is 3. The highest BCUT2D eigenvalue weighted by Gasteiger charge is 2.34. The Morgan fingerprint density at radius 2 is 1.84 bits per heavy atom. The molecule has 2 amide bonds. The number of carbonyl (C=O) groups excluding carboxylic acids is 2. The van der Waals surface area contributed by atoms with Crippen molar-refractivity contribution < 1.29 is 27.5 Å². The number of amides is 2. The third-order valence-electron chi connectivity index (χ3n) is 6.13. The molecule has 0 radical (unpaired) electrons. The summed E-state index contributed by atoms with van der Waals surface area (Å²) in [6.45, 7) is 4.11. The van der Waals surface area contributed by atoms with Crippen LogP contribution in [0.25, 0.3) is 11.3 Å². The molecule has 3 aromatic rings. The third-order valence-corrected chi connectivity index (χ3v) is 6.13. The van der Waals surface area contributed by atoms with Gasteiger partial charge in [0.05, 0.1) is 17.3 Å². The van der Waals surface area contributed by atoms with Crippen molar-refractivity contribution in [3.63, 3.8) is 0 Å². The van der Waals surface area contributed by atoms with Crippen LogP contribution in [0.5, 0.6) is 0 Å². The molecule has 0 spiro atoms. The summed E-state index contributed by atoms with van der Waals surface area (Å²) < 4.78 is 46.8. The molecule has 0 bridgehead atoms. The normalized spacial score (nSPS) is 13.7. The fourth-order valence-electron chi connectivity index (χ4n) is 4.66. The van der Waals surface area contributed by atoms with Crippen LogP contribution in [-0.4, -0.2) is 45.9 Å². The van der Waals surface area contributed by atoms with E-state index in [2.05, 4.69) is 15.6 Å². The van der Waals surface area contributed by atoms with Crippen LogP contribution in [0, 0.1) is 0 Å². The molecule has 0 unspecified atom stereocenters. The minimum atomic E-state index is -4.46. The lowest BCUT2D eigenvalue weighted by molar-refractivity contribution is -0.140. The van der Waals surface area contributed by atoms with Crippen molar-refractivity contribution in [2.75, 3.05) is 6.54 Å². The van der Waals surface area contributed by atoms with E-state index in [1.165, 1.54) is 12.4 Å². The van der Waals surface area contributed by atoms with Gasteiger partial charge < -0.3 is 19.9 Å². The van der Waals surface area contributed by atoms with Crippen molar-refractivity contribution in [1.82, 2.24) is 20.2 Å². The molecule has 2 aromatic heterocycles. The van der Waals surface area contributed by atoms with Gasteiger partial charge in [-0.3, -0.25) is 9.78 Å². The van der Waals surface area contributed by atoms with Crippen LogP contribution in [0.1, 0.15) is 47.8 Å². The summed E-state index contributed by atoms with van der Waals surface area (Å²) in [4.78, 5) is 29.9. The van der Waals surface area contributed by atoms with Crippen molar-refractivity contribution in [2.45, 2.75) is 64.4 Å². The largest absolute Gasteiger partial charge is 0.444 e. The molecule has 0 saturated heterocycles. The predicted molar refractivity (Wildman–Crippen MR) is 137 cm³/mol. The summed E-state index contributed by atoms with van der Waals surface area (Å²) in [6, 6.07) is 10.6. The van der Waals surface area contributed by atoms with Gasteiger partial charge in [-0.15, -0.1) is 0 Å². The Labute approximate surface area is 219 Å². The fourth-order valence-corrected chi connectivity index (χ4v) is 4.66. The van der Waals surface area contributed by atoms with Crippen LogP contribution < -0.4 is 10.6 Å². The summed E-state index contributed by atoms with van der Waals surface area (Å²) in [6.07, 6.45) is 0.785. The van der Waals surface area contributed by atoms with Crippen molar-refractivity contribution >= 4 is 12.0 Å². The molecule has 4 rings (SSSR count). The highest BCUT2D eigenvalue weighted by molar-refractivity contribution is 5.98. The molecule has 0 saturated carbocycles. The smallest absolute Gasteiger partial charge is 0.407 e. The minimum absolute atomic E-state index is 0.0789. The number of alkyl carbamates (subject to hydrolysis) is 1. The second-order valence-corrected chi connectivity index (χ2v) is 10.4. The van der Waals surface area contributed by atoms with E-state index in [9.17, 15) is 22.8 Å². The van der Waals surface area contributed by atoms with E-state index in [0.717, 1.165) is 15.7 Å². The van der Waals surface area contributed by atoms with Gasteiger partial charge in [-0.2, -0.15) is 13.2 Å². The zero-order chi connectivity index (χ0) is 27.5. The minimum Gasteiger partial charge on any atom is -0.444 e. The molecule has 1 atom stereocenters. The second-order valence-electron chi connectivity index (χ2n) is 10.4. The third kappa shape index (κ3) is 6.93. The number of ether oxygens (including phenoxy) is 1. The van der Waals surface area contributed by atoms with E-state index >= 15 is 0 Å². The molecular weight excluding hydrogens is 497 g/mol. The molecular formula is C28H31F3N4O3. The number of benzene rings is 1. The first kappa shape index (κ1) is 27.2. The monoisotopic (exact) mass is 528 g/mol. The van der Waals surface area contributed by atoms with Crippen LogP contribution in [0.3, 0.4) is 0 Å². The van der Waals surface area contributed by atoms with Crippen LogP contribution in [0.15, 0.2) is 55.0 Å². The lowest BCUT2D eigenvalue weighted by Gasteiger charge is -2.23. The number of nitrogens with zero attached hydrogens (tertiary/aromatic N) is 2. The first-order valence-electron chi connectivity index (χ1n) is 12.4. The van der Waals surface area contributed by atoms with Gasteiger partial charge >= 0.3 is 12.3 Å². The number of aryl methyl sites for hydroxylation is 1. The van der Waals surface area contributed by atoms with Crippen LogP contribution in [0.4, 0.5) is 18.0 Å². The summed E-state index contributed by atoms with van der Waals surface area (Å²) in [5.74, 6) is -0.494. The summed E-state index contributed by atoms with van der Waals surface area (Å²) in [7, 11) is 0. The fraction of sp³-hybridized carbons (Fsp3) is 0.393. The molecule has 202 valence electrons. The van der Waals surface area contributed by atoms with E-state index in [-0.39, 0.29) is 12.1 Å². The van der Waals surface area contributed by atoms with Gasteiger partial charge in [0.15, 0.2) is 0 Å². The molecule has 1 aliphatic rings. The summed E-state index contributed by atoms with van der Waals surface area (Å²) in [5, 5.41) is 5.63. The number of nitrogens with one attached hydrogen (secondary N) is 2. The SMILES string of the molecule is CC(C)(C)OC(=O)NC[C@H](Cc1ccccc1)NC(=O)c1cn(CC(F)(F)F)c2c1CCc1cnccc1-2. The maximum absolute atomic E-state index is 13.5. The Balaban J connectivity index is 1.61. The predicted octanol–water partition coefficient (Wildman–Crippen LogP) is 5.08. The van der Waals surface area contributed by atoms with Gasteiger partial charge in [0.1, 0.15) is 12.1 Å². The first-order valence-corrected chi connectivity index (χ1v) is 12.4. The quantitative estimate of drug-likeness (QED) is 0.448. The Kier molecular flexibility index (Phi) is 7.80. The zero-order valence-corrected chi connectivity index (χ0v) is 21.6. The molecule has 2 N–H and O–H groups in total. The van der Waals surface area contributed by atoms with E-state index in [0.29, 0.717) is 36.1 Å². The van der Waals surface area contributed by atoms with Gasteiger partial charge in [-0.05, 0) is 62.8 Å². The highest BCUT2D eigenvalue weighted by atomic mass is 19.4. The van der Waals surface area contributed by atoms with Gasteiger partial charge in [0, 0.05) is 30.7 Å². The maximum atomic E-state index is 13.5. The summed E-state index contributed by atoms with van der Waals surface area (Å²) in [5.41, 5.74) is 2.90. The van der Waals surface area contributed by atoms with Crippen LogP contribution >= 0.6 is 0 Å². The van der Waals surface area contributed by atoms with Gasteiger partial charge in [0.2, 0.25) is 0 Å². The Hall–Kier alpha value is -3.82. The Morgan fingerprint density at radius 3 is 2.53 bits per heavy atom. The number of hydrogen-bond acceptors (Lipinski definition) is 4. The van der Waals surface area contributed by atoms with E-state index < -0.39 is 36.4 Å². The number of hydrogen-bond donors (Lipinski definition) is 2. The average Bonchev–Trinajstić information content (AvgIpc) is 3.19. The van der Waals surface area contributed by atoms with Gasteiger partial charge in [-0.25, -0.2) is 4.79 Å². The maximum Gasteiger partial charge on any atom is 0.407 e. The second kappa shape index (κ2) is 10.9. The summed E-state index contributed by atoms with van der Waals surface area (Å²) >= 11 is 0. The molecule has 2 heterocycles. The standard InChI is InChI=1S/C28H31F3N4O3/c1-27(2,3)38-26(37)33-15-20(13-18-7-5-4-6-8-18)34-25(36)23-16-35(17-28(29,30)31)24-21-11-12-32-14-19(21)9-10-22(23)24/h4-8,11-12,14,16,20H,9-10,13,15,17H2,1-3H3,(H,33,37)(H,34,36)/t20-/m0/s1. The van der Waals surface area contributed by atoms with Gasteiger partial charge in [0.25, 0.3) is 5.91 Å². The Bertz CT molecular complexity index is 1300.